The first-order chi connectivity index (χ1) is 5.39. The summed E-state index contributed by atoms with van der Waals surface area (Å²) in [6.45, 7) is 0. The van der Waals surface area contributed by atoms with Crippen LogP contribution in [0.4, 0.5) is 0 Å². The van der Waals surface area contributed by atoms with Crippen molar-refractivity contribution >= 4 is 27.9 Å². The maximum absolute atomic E-state index is 8.63. The first-order valence-electron chi connectivity index (χ1n) is 3.31. The van der Waals surface area contributed by atoms with Crippen LogP contribution < -0.4 is 0 Å². The van der Waals surface area contributed by atoms with Gasteiger partial charge in [-0.25, -0.2) is 0 Å². The predicted molar refractivity (Wildman–Crippen MR) is 43.2 cm³/mol. The summed E-state index contributed by atoms with van der Waals surface area (Å²) >= 11 is -0.0255. The molecular weight excluding hydrogens is 171 g/mol. The van der Waals surface area contributed by atoms with Gasteiger partial charge < -0.3 is 5.11 Å². The Morgan fingerprint density at radius 1 is 1.00 bits per heavy atom. The van der Waals surface area contributed by atoms with Crippen molar-refractivity contribution in [1.82, 2.24) is 0 Å². The Morgan fingerprint density at radius 2 is 1.33 bits per heavy atom. The fourth-order valence-corrected chi connectivity index (χ4v) is 0.428. The molecule has 0 heterocycles. The topological polar surface area (TPSA) is 80.9 Å². The van der Waals surface area contributed by atoms with Crippen LogP contribution in [0.3, 0.4) is 0 Å². The number of para-hydroxylation sites is 1. The second-order valence-corrected chi connectivity index (χ2v) is 3.65. The van der Waals surface area contributed by atoms with Gasteiger partial charge in [-0.05, 0) is 12.1 Å². The van der Waals surface area contributed by atoms with E-state index < -0.39 is 3.22 Å². The first kappa shape index (κ1) is 11.9. The van der Waals surface area contributed by atoms with E-state index in [1.165, 1.54) is 0 Å². The average molecular weight is 180 g/mol. The van der Waals surface area contributed by atoms with Crippen molar-refractivity contribution in [3.05, 3.63) is 30.3 Å². The molecule has 1 aromatic rings. The van der Waals surface area contributed by atoms with Crippen LogP contribution in [-0.4, -0.2) is 51.6 Å². The molecule has 5 heteroatoms. The van der Waals surface area contributed by atoms with E-state index in [0.717, 1.165) is 0 Å². The van der Waals surface area contributed by atoms with Gasteiger partial charge in [0, 0.05) is 0 Å². The number of aliphatic hydroxyl groups is 3. The van der Waals surface area contributed by atoms with Crippen molar-refractivity contribution in [3.8, 4) is 5.75 Å². The SMILES string of the molecule is O[C](O)(O)[Na].Oc1ccccc1. The van der Waals surface area contributed by atoms with Crippen LogP contribution in [0, 0.1) is 0 Å². The van der Waals surface area contributed by atoms with Crippen molar-refractivity contribution in [2.45, 2.75) is 3.22 Å². The van der Waals surface area contributed by atoms with Crippen LogP contribution in [0.2, 0.25) is 0 Å². The first-order valence-corrected chi connectivity index (χ1v) is 4.31. The van der Waals surface area contributed by atoms with E-state index in [0.29, 0.717) is 5.75 Å². The Bertz CT molecular complexity index is 200. The molecule has 0 radical (unpaired) electrons. The van der Waals surface area contributed by atoms with E-state index >= 15 is 0 Å². The summed E-state index contributed by atoms with van der Waals surface area (Å²) in [6.07, 6.45) is 0. The van der Waals surface area contributed by atoms with Crippen LogP contribution in [0.5, 0.6) is 5.75 Å². The maximum Gasteiger partial charge on any atom is 0.115 e. The van der Waals surface area contributed by atoms with E-state index in [-0.39, 0.29) is 27.9 Å². The van der Waals surface area contributed by atoms with E-state index in [2.05, 4.69) is 0 Å². The minimum atomic E-state index is -2.36. The predicted octanol–water partition coefficient (Wildman–Crippen LogP) is -0.865. The molecule has 62 valence electrons. The van der Waals surface area contributed by atoms with Gasteiger partial charge in [0.1, 0.15) is 5.75 Å². The third-order valence-electron chi connectivity index (χ3n) is 0.756. The molecule has 4 nitrogen and oxygen atoms in total. The van der Waals surface area contributed by atoms with Gasteiger partial charge in [-0.15, -0.1) is 0 Å². The number of phenolic OH excluding ortho intramolecular Hbond substituents is 1. The van der Waals surface area contributed by atoms with E-state index in [4.69, 9.17) is 20.4 Å². The fourth-order valence-electron chi connectivity index (χ4n) is 0.428. The molecule has 0 aliphatic carbocycles. The zero-order chi connectivity index (χ0) is 9.61. The van der Waals surface area contributed by atoms with Crippen LogP contribution in [-0.2, 0) is 0 Å². The van der Waals surface area contributed by atoms with Crippen molar-refractivity contribution < 1.29 is 20.4 Å². The third-order valence-corrected chi connectivity index (χ3v) is 0.756. The van der Waals surface area contributed by atoms with Gasteiger partial charge in [0.25, 0.3) is 0 Å². The molecule has 0 fully saturated rings. The van der Waals surface area contributed by atoms with E-state index in [1.807, 2.05) is 6.07 Å². The maximum atomic E-state index is 8.63. The van der Waals surface area contributed by atoms with Crippen molar-refractivity contribution in [2.75, 3.05) is 0 Å². The summed E-state index contributed by atoms with van der Waals surface area (Å²) in [5, 5.41) is 31.7. The average Bonchev–Trinajstić information content (AvgIpc) is 1.85. The van der Waals surface area contributed by atoms with Crippen LogP contribution in [0.25, 0.3) is 0 Å². The molecule has 1 aromatic carbocycles. The Morgan fingerprint density at radius 3 is 1.50 bits per heavy atom. The summed E-state index contributed by atoms with van der Waals surface area (Å²) < 4.78 is -2.36. The minimum absolute atomic E-state index is 0.0255. The zero-order valence-electron chi connectivity index (χ0n) is 6.68. The largest absolute Gasteiger partial charge is 0.508 e. The second kappa shape index (κ2) is 5.53. The molecule has 0 spiro atoms. The Hall–Kier alpha value is -0.100. The summed E-state index contributed by atoms with van der Waals surface area (Å²) in [5.74, 6) is 0.322. The molecule has 0 unspecified atom stereocenters. The molecule has 12 heavy (non-hydrogen) atoms. The number of aromatic hydroxyl groups is 1. The van der Waals surface area contributed by atoms with E-state index in [1.54, 1.807) is 24.3 Å². The van der Waals surface area contributed by atoms with Crippen molar-refractivity contribution in [1.29, 1.82) is 0 Å². The molecule has 0 aliphatic heterocycles. The van der Waals surface area contributed by atoms with Crippen LogP contribution >= 0.6 is 0 Å². The van der Waals surface area contributed by atoms with Gasteiger partial charge in [0.05, 0.1) is 0 Å². The summed E-state index contributed by atoms with van der Waals surface area (Å²) in [7, 11) is 0. The molecule has 0 aromatic heterocycles. The standard InChI is InChI=1S/C6H6O.CH3O3.Na/c7-6-4-2-1-3-5-6;2-1(3)4;/h1-5,7H;2-4H;. The summed E-state index contributed by atoms with van der Waals surface area (Å²) in [6, 6.07) is 8.71. The van der Waals surface area contributed by atoms with Crippen LogP contribution in [0.15, 0.2) is 30.3 Å². The summed E-state index contributed by atoms with van der Waals surface area (Å²) in [5.41, 5.74) is 0. The number of phenols is 1. The van der Waals surface area contributed by atoms with Gasteiger partial charge in [0.15, 0.2) is 0 Å². The van der Waals surface area contributed by atoms with Gasteiger partial charge in [-0.1, -0.05) is 18.2 Å². The summed E-state index contributed by atoms with van der Waals surface area (Å²) in [4.78, 5) is 0. The van der Waals surface area contributed by atoms with Gasteiger partial charge in [0.2, 0.25) is 0 Å². The molecule has 0 aliphatic rings. The molecular formula is C7H9NaO4. The molecule has 0 saturated heterocycles. The zero-order valence-corrected chi connectivity index (χ0v) is 8.68. The number of rotatable bonds is 0. The number of hydrogen-bond donors (Lipinski definition) is 4. The quantitative estimate of drug-likeness (QED) is 0.309. The molecule has 0 atom stereocenters. The third kappa shape index (κ3) is 12.6. The Balaban J connectivity index is 0.000000217. The Labute approximate surface area is 87.5 Å². The van der Waals surface area contributed by atoms with Gasteiger partial charge in [-0.3, -0.25) is 0 Å². The molecule has 0 saturated carbocycles. The monoisotopic (exact) mass is 180 g/mol. The minimum Gasteiger partial charge on any atom is -0.508 e. The van der Waals surface area contributed by atoms with Crippen molar-refractivity contribution in [3.63, 3.8) is 0 Å². The smallest absolute Gasteiger partial charge is 0.115 e. The van der Waals surface area contributed by atoms with Crippen LogP contribution in [0.1, 0.15) is 0 Å². The van der Waals surface area contributed by atoms with E-state index in [9.17, 15) is 0 Å². The second-order valence-electron chi connectivity index (χ2n) is 2.31. The molecule has 1 rings (SSSR count). The number of hydrogen-bond acceptors (Lipinski definition) is 4. The number of benzene rings is 1. The van der Waals surface area contributed by atoms with Crippen molar-refractivity contribution in [2.24, 2.45) is 0 Å². The fraction of sp³-hybridized carbons (Fsp3) is 0.143. The molecule has 0 amide bonds. The van der Waals surface area contributed by atoms with Gasteiger partial charge >= 0.3 is 46.5 Å². The molecule has 0 bridgehead atoms. The normalized spacial score (nSPS) is 10.1. The van der Waals surface area contributed by atoms with Gasteiger partial charge in [-0.2, -0.15) is 0 Å². The molecule has 4 N–H and O–H groups in total. The Kier molecular flexibility index (Phi) is 5.48.